The average Bonchev–Trinajstić information content (AvgIpc) is 3.03. The fourth-order valence-electron chi connectivity index (χ4n) is 3.04. The molecule has 2 aromatic carbocycles. The van der Waals surface area contributed by atoms with Crippen LogP contribution in [-0.2, 0) is 19.2 Å². The fourth-order valence-corrected chi connectivity index (χ4v) is 3.04. The van der Waals surface area contributed by atoms with Crippen LogP contribution >= 0.6 is 0 Å². The molecule has 1 atom stereocenters. The standard InChI is InChI=1S/C19H20N2O4/c1-3-25-20-12-17(22)21(16-10-11-24-19(16)23)18-13(2)8-9-14-6-4-5-7-15(14)18/h4-9,12,16H,3,10-11H2,1-2H3. The van der Waals surface area contributed by atoms with E-state index in [-0.39, 0.29) is 0 Å². The van der Waals surface area contributed by atoms with Crippen molar-refractivity contribution in [2.75, 3.05) is 18.1 Å². The molecular weight excluding hydrogens is 320 g/mol. The van der Waals surface area contributed by atoms with Gasteiger partial charge in [-0.3, -0.25) is 9.69 Å². The lowest BCUT2D eigenvalue weighted by atomic mass is 10.0. The monoisotopic (exact) mass is 340 g/mol. The second kappa shape index (κ2) is 7.34. The largest absolute Gasteiger partial charge is 0.464 e. The number of rotatable bonds is 5. The van der Waals surface area contributed by atoms with Crippen molar-refractivity contribution in [1.29, 1.82) is 0 Å². The van der Waals surface area contributed by atoms with Crippen molar-refractivity contribution in [3.63, 3.8) is 0 Å². The van der Waals surface area contributed by atoms with E-state index in [1.54, 1.807) is 6.92 Å². The van der Waals surface area contributed by atoms with Crippen molar-refractivity contribution in [2.45, 2.75) is 26.3 Å². The molecule has 2 aromatic rings. The van der Waals surface area contributed by atoms with Crippen LogP contribution in [0.2, 0.25) is 0 Å². The Hall–Kier alpha value is -2.89. The molecule has 1 saturated heterocycles. The lowest BCUT2D eigenvalue weighted by molar-refractivity contribution is -0.139. The third-order valence-electron chi connectivity index (χ3n) is 4.17. The minimum absolute atomic E-state index is 0.305. The zero-order valence-electron chi connectivity index (χ0n) is 14.3. The van der Waals surface area contributed by atoms with E-state index in [2.05, 4.69) is 5.16 Å². The van der Waals surface area contributed by atoms with Crippen LogP contribution in [0.25, 0.3) is 10.8 Å². The van der Waals surface area contributed by atoms with Crippen LogP contribution < -0.4 is 4.90 Å². The first kappa shape index (κ1) is 17.0. The maximum atomic E-state index is 12.8. The summed E-state index contributed by atoms with van der Waals surface area (Å²) in [6, 6.07) is 11.0. The average molecular weight is 340 g/mol. The molecule has 130 valence electrons. The number of hydrogen-bond acceptors (Lipinski definition) is 5. The van der Waals surface area contributed by atoms with E-state index in [0.717, 1.165) is 22.6 Å². The quantitative estimate of drug-likeness (QED) is 0.477. The molecule has 0 saturated carbocycles. The number of fused-ring (bicyclic) bond motifs is 1. The molecule has 0 spiro atoms. The molecule has 6 heteroatoms. The Kier molecular flexibility index (Phi) is 4.97. The zero-order valence-corrected chi connectivity index (χ0v) is 14.3. The number of carbonyl (C=O) groups is 2. The highest BCUT2D eigenvalue weighted by atomic mass is 16.6. The van der Waals surface area contributed by atoms with E-state index < -0.39 is 17.9 Å². The maximum absolute atomic E-state index is 12.8. The topological polar surface area (TPSA) is 68.2 Å². The molecule has 1 aliphatic heterocycles. The second-order valence-electron chi connectivity index (χ2n) is 5.78. The molecule has 0 bridgehead atoms. The normalized spacial score (nSPS) is 17.0. The Balaban J connectivity index is 2.13. The Labute approximate surface area is 146 Å². The minimum Gasteiger partial charge on any atom is -0.464 e. The van der Waals surface area contributed by atoms with Gasteiger partial charge in [0.2, 0.25) is 0 Å². The predicted molar refractivity (Wildman–Crippen MR) is 95.7 cm³/mol. The number of aryl methyl sites for hydroxylation is 1. The summed E-state index contributed by atoms with van der Waals surface area (Å²) < 4.78 is 5.09. The summed E-state index contributed by atoms with van der Waals surface area (Å²) >= 11 is 0. The number of esters is 1. The predicted octanol–water partition coefficient (Wildman–Crippen LogP) is 2.82. The lowest BCUT2D eigenvalue weighted by Gasteiger charge is -2.28. The van der Waals surface area contributed by atoms with Crippen molar-refractivity contribution < 1.29 is 19.2 Å². The van der Waals surface area contributed by atoms with E-state index in [9.17, 15) is 9.59 Å². The van der Waals surface area contributed by atoms with Crippen molar-refractivity contribution in [2.24, 2.45) is 5.16 Å². The molecule has 0 N–H and O–H groups in total. The van der Waals surface area contributed by atoms with Crippen LogP contribution in [0.1, 0.15) is 18.9 Å². The van der Waals surface area contributed by atoms with Gasteiger partial charge in [0.05, 0.1) is 12.3 Å². The highest BCUT2D eigenvalue weighted by Crippen LogP contribution is 2.33. The number of cyclic esters (lactones) is 1. The summed E-state index contributed by atoms with van der Waals surface area (Å²) in [6.45, 7) is 4.37. The van der Waals surface area contributed by atoms with E-state index in [0.29, 0.717) is 25.3 Å². The van der Waals surface area contributed by atoms with Gasteiger partial charge < -0.3 is 9.57 Å². The SMILES string of the molecule is CCON=CC(=O)N(c1c(C)ccc2ccccc12)C1CCOC1=O. The molecule has 1 unspecified atom stereocenters. The summed E-state index contributed by atoms with van der Waals surface area (Å²) in [6.07, 6.45) is 1.56. The van der Waals surface area contributed by atoms with Crippen LogP contribution in [-0.4, -0.2) is 37.3 Å². The Morgan fingerprint density at radius 3 is 2.88 bits per heavy atom. The molecule has 3 rings (SSSR count). The van der Waals surface area contributed by atoms with Gasteiger partial charge in [0.1, 0.15) is 18.9 Å². The lowest BCUT2D eigenvalue weighted by Crippen LogP contribution is -2.44. The van der Waals surface area contributed by atoms with Crippen molar-refractivity contribution in [1.82, 2.24) is 0 Å². The van der Waals surface area contributed by atoms with Crippen LogP contribution in [0.5, 0.6) is 0 Å². The smallest absolute Gasteiger partial charge is 0.329 e. The number of oxime groups is 1. The van der Waals surface area contributed by atoms with Gasteiger partial charge in [-0.2, -0.15) is 0 Å². The maximum Gasteiger partial charge on any atom is 0.329 e. The second-order valence-corrected chi connectivity index (χ2v) is 5.78. The first-order valence-electron chi connectivity index (χ1n) is 8.27. The highest BCUT2D eigenvalue weighted by Gasteiger charge is 2.37. The highest BCUT2D eigenvalue weighted by molar-refractivity contribution is 6.34. The van der Waals surface area contributed by atoms with Crippen LogP contribution in [0.15, 0.2) is 41.6 Å². The first-order valence-corrected chi connectivity index (χ1v) is 8.27. The Bertz CT molecular complexity index is 831. The number of ether oxygens (including phenoxy) is 1. The summed E-state index contributed by atoms with van der Waals surface area (Å²) in [5, 5.41) is 5.57. The van der Waals surface area contributed by atoms with Crippen LogP contribution in [0.3, 0.4) is 0 Å². The van der Waals surface area contributed by atoms with Crippen molar-refractivity contribution in [3.8, 4) is 0 Å². The van der Waals surface area contributed by atoms with Crippen molar-refractivity contribution >= 4 is 34.6 Å². The van der Waals surface area contributed by atoms with Crippen molar-refractivity contribution in [3.05, 3.63) is 42.0 Å². The van der Waals surface area contributed by atoms with E-state index >= 15 is 0 Å². The van der Waals surface area contributed by atoms with Gasteiger partial charge in [0.15, 0.2) is 0 Å². The molecule has 0 radical (unpaired) electrons. The molecule has 0 aliphatic carbocycles. The van der Waals surface area contributed by atoms with Crippen LogP contribution in [0, 0.1) is 6.92 Å². The number of nitrogens with zero attached hydrogens (tertiary/aromatic N) is 2. The minimum atomic E-state index is -0.662. The third kappa shape index (κ3) is 3.33. The summed E-state index contributed by atoms with van der Waals surface area (Å²) in [5.41, 5.74) is 1.60. The molecule has 1 aliphatic rings. The fraction of sp³-hybridized carbons (Fsp3) is 0.316. The molecule has 25 heavy (non-hydrogen) atoms. The summed E-state index contributed by atoms with van der Waals surface area (Å²) in [7, 11) is 0. The summed E-state index contributed by atoms with van der Waals surface area (Å²) in [5.74, 6) is -0.803. The summed E-state index contributed by atoms with van der Waals surface area (Å²) in [4.78, 5) is 31.4. The third-order valence-corrected chi connectivity index (χ3v) is 4.17. The molecule has 1 fully saturated rings. The van der Waals surface area contributed by atoms with Crippen LogP contribution in [0.4, 0.5) is 5.69 Å². The number of anilines is 1. The van der Waals surface area contributed by atoms with Gasteiger partial charge in [-0.25, -0.2) is 4.79 Å². The first-order chi connectivity index (χ1) is 12.1. The number of amides is 1. The van der Waals surface area contributed by atoms with Gasteiger partial charge in [-0.1, -0.05) is 41.6 Å². The van der Waals surface area contributed by atoms with Gasteiger partial charge >= 0.3 is 5.97 Å². The Morgan fingerprint density at radius 2 is 2.16 bits per heavy atom. The van der Waals surface area contributed by atoms with Gasteiger partial charge in [-0.15, -0.1) is 0 Å². The van der Waals surface area contributed by atoms with E-state index in [4.69, 9.17) is 9.57 Å². The number of hydrogen-bond donors (Lipinski definition) is 0. The molecule has 1 amide bonds. The van der Waals surface area contributed by atoms with E-state index in [1.807, 2.05) is 43.3 Å². The van der Waals surface area contributed by atoms with E-state index in [1.165, 1.54) is 4.90 Å². The number of carbonyl (C=O) groups excluding carboxylic acids is 2. The van der Waals surface area contributed by atoms with Gasteiger partial charge in [-0.05, 0) is 24.8 Å². The van der Waals surface area contributed by atoms with Gasteiger partial charge in [0, 0.05) is 11.8 Å². The number of benzene rings is 2. The molecule has 0 aromatic heterocycles. The van der Waals surface area contributed by atoms with Gasteiger partial charge in [0.25, 0.3) is 5.91 Å². The molecule has 6 nitrogen and oxygen atoms in total. The molecule has 1 heterocycles. The zero-order chi connectivity index (χ0) is 17.8. The Morgan fingerprint density at radius 1 is 1.36 bits per heavy atom. The molecular formula is C19H20N2O4.